The minimum Gasteiger partial charge on any atom is -0.308 e. The summed E-state index contributed by atoms with van der Waals surface area (Å²) in [5.74, 6) is 5.95. The normalized spacial score (nSPS) is 10.3. The molecule has 0 aliphatic heterocycles. The fraction of sp³-hybridized carbons (Fsp3) is 0.200. The highest BCUT2D eigenvalue weighted by atomic mass is 15.3. The van der Waals surface area contributed by atoms with Crippen LogP contribution in [0.3, 0.4) is 0 Å². The molecule has 0 radical (unpaired) electrons. The second kappa shape index (κ2) is 4.10. The molecule has 0 saturated carbocycles. The van der Waals surface area contributed by atoms with Crippen molar-refractivity contribution < 1.29 is 0 Å². The second-order valence-electron chi connectivity index (χ2n) is 3.32. The average Bonchev–Trinajstić information content (AvgIpc) is 2.65. The van der Waals surface area contributed by atoms with Crippen molar-refractivity contribution in [1.82, 2.24) is 14.8 Å². The first kappa shape index (κ1) is 9.67. The molecule has 3 N–H and O–H groups in total. The number of anilines is 1. The lowest BCUT2D eigenvalue weighted by Crippen LogP contribution is -2.09. The summed E-state index contributed by atoms with van der Waals surface area (Å²) in [5, 5.41) is 4.21. The summed E-state index contributed by atoms with van der Waals surface area (Å²) in [6, 6.07) is 5.83. The maximum atomic E-state index is 5.29. The zero-order valence-corrected chi connectivity index (χ0v) is 8.51. The van der Waals surface area contributed by atoms with Crippen LogP contribution in [0.15, 0.2) is 30.6 Å². The van der Waals surface area contributed by atoms with Crippen LogP contribution >= 0.6 is 0 Å². The van der Waals surface area contributed by atoms with E-state index in [2.05, 4.69) is 15.5 Å². The number of nitrogens with zero attached hydrogens (tertiary/aromatic N) is 3. The first-order valence-corrected chi connectivity index (χ1v) is 4.69. The Morgan fingerprint density at radius 2 is 2.27 bits per heavy atom. The molecule has 0 aliphatic carbocycles. The lowest BCUT2D eigenvalue weighted by atomic mass is 10.2. The van der Waals surface area contributed by atoms with E-state index in [1.165, 1.54) is 0 Å². The van der Waals surface area contributed by atoms with Gasteiger partial charge >= 0.3 is 0 Å². The Hall–Kier alpha value is -1.88. The SMILES string of the molecule is Cc1ccnn1Cc1ccnc(NN)c1. The molecule has 0 aliphatic rings. The van der Waals surface area contributed by atoms with Crippen LogP contribution in [0.1, 0.15) is 11.3 Å². The Morgan fingerprint density at radius 3 is 2.93 bits per heavy atom. The van der Waals surface area contributed by atoms with E-state index in [-0.39, 0.29) is 0 Å². The number of nitrogens with two attached hydrogens (primary N) is 1. The molecule has 0 spiro atoms. The highest BCUT2D eigenvalue weighted by Gasteiger charge is 2.00. The highest BCUT2D eigenvalue weighted by Crippen LogP contribution is 2.08. The Labute approximate surface area is 87.9 Å². The number of nitrogens with one attached hydrogen (secondary N) is 1. The monoisotopic (exact) mass is 203 g/mol. The van der Waals surface area contributed by atoms with Gasteiger partial charge in [-0.3, -0.25) is 4.68 Å². The Bertz CT molecular complexity index is 449. The Morgan fingerprint density at radius 1 is 1.40 bits per heavy atom. The highest BCUT2D eigenvalue weighted by molar-refractivity contribution is 5.36. The van der Waals surface area contributed by atoms with E-state index in [1.54, 1.807) is 12.4 Å². The molecule has 0 aromatic carbocycles. The largest absolute Gasteiger partial charge is 0.308 e. The molecule has 15 heavy (non-hydrogen) atoms. The number of hydrogen-bond donors (Lipinski definition) is 2. The van der Waals surface area contributed by atoms with Gasteiger partial charge in [0.25, 0.3) is 0 Å². The van der Waals surface area contributed by atoms with Crippen molar-refractivity contribution in [2.75, 3.05) is 5.43 Å². The van der Waals surface area contributed by atoms with Crippen molar-refractivity contribution in [2.45, 2.75) is 13.5 Å². The van der Waals surface area contributed by atoms with Gasteiger partial charge in [0, 0.05) is 18.1 Å². The molecule has 2 aromatic rings. The van der Waals surface area contributed by atoms with E-state index in [4.69, 9.17) is 5.84 Å². The number of hydrogen-bond acceptors (Lipinski definition) is 4. The van der Waals surface area contributed by atoms with Gasteiger partial charge in [-0.25, -0.2) is 10.8 Å². The van der Waals surface area contributed by atoms with Crippen LogP contribution in [-0.4, -0.2) is 14.8 Å². The molecule has 2 heterocycles. The summed E-state index contributed by atoms with van der Waals surface area (Å²) in [5.41, 5.74) is 4.77. The zero-order chi connectivity index (χ0) is 10.7. The third-order valence-corrected chi connectivity index (χ3v) is 2.23. The molecule has 5 nitrogen and oxygen atoms in total. The lowest BCUT2D eigenvalue weighted by Gasteiger charge is -2.05. The number of nitrogen functional groups attached to an aromatic ring is 1. The molecular weight excluding hydrogens is 190 g/mol. The molecule has 0 fully saturated rings. The molecule has 78 valence electrons. The number of aromatic nitrogens is 3. The Kier molecular flexibility index (Phi) is 2.64. The maximum Gasteiger partial charge on any atom is 0.140 e. The molecular formula is C10H13N5. The van der Waals surface area contributed by atoms with Gasteiger partial charge in [0.2, 0.25) is 0 Å². The van der Waals surface area contributed by atoms with Gasteiger partial charge < -0.3 is 5.43 Å². The van der Waals surface area contributed by atoms with E-state index in [1.807, 2.05) is 29.8 Å². The third-order valence-electron chi connectivity index (χ3n) is 2.23. The van der Waals surface area contributed by atoms with Crippen molar-refractivity contribution in [3.63, 3.8) is 0 Å². The van der Waals surface area contributed by atoms with Crippen LogP contribution < -0.4 is 11.3 Å². The van der Waals surface area contributed by atoms with E-state index in [9.17, 15) is 0 Å². The molecule has 0 atom stereocenters. The number of aryl methyl sites for hydroxylation is 1. The summed E-state index contributed by atoms with van der Waals surface area (Å²) >= 11 is 0. The zero-order valence-electron chi connectivity index (χ0n) is 8.51. The van der Waals surface area contributed by atoms with Crippen LogP contribution in [0.4, 0.5) is 5.82 Å². The minimum atomic E-state index is 0.664. The first-order valence-electron chi connectivity index (χ1n) is 4.69. The molecule has 0 bridgehead atoms. The molecule has 0 amide bonds. The third kappa shape index (κ3) is 2.13. The summed E-state index contributed by atoms with van der Waals surface area (Å²) < 4.78 is 1.93. The minimum absolute atomic E-state index is 0.664. The van der Waals surface area contributed by atoms with Crippen LogP contribution in [0.2, 0.25) is 0 Å². The topological polar surface area (TPSA) is 68.8 Å². The van der Waals surface area contributed by atoms with Gasteiger partial charge in [0.05, 0.1) is 6.54 Å². The molecule has 5 heteroatoms. The second-order valence-corrected chi connectivity index (χ2v) is 3.32. The average molecular weight is 203 g/mol. The predicted molar refractivity (Wildman–Crippen MR) is 58.1 cm³/mol. The molecule has 0 unspecified atom stereocenters. The summed E-state index contributed by atoms with van der Waals surface area (Å²) in [7, 11) is 0. The maximum absolute atomic E-state index is 5.29. The van der Waals surface area contributed by atoms with Crippen molar-refractivity contribution in [1.29, 1.82) is 0 Å². The van der Waals surface area contributed by atoms with Crippen LogP contribution in [0.25, 0.3) is 0 Å². The standard InChI is InChI=1S/C10H13N5/c1-8-2-5-13-15(8)7-9-3-4-12-10(6-9)14-11/h2-6H,7,11H2,1H3,(H,12,14). The Balaban J connectivity index is 2.21. The molecule has 0 saturated heterocycles. The molecule has 2 rings (SSSR count). The van der Waals surface area contributed by atoms with Gasteiger partial charge in [-0.1, -0.05) is 0 Å². The van der Waals surface area contributed by atoms with Gasteiger partial charge in [-0.2, -0.15) is 5.10 Å². The fourth-order valence-corrected chi connectivity index (χ4v) is 1.39. The van der Waals surface area contributed by atoms with E-state index in [0.717, 1.165) is 17.8 Å². The first-order chi connectivity index (χ1) is 7.29. The van der Waals surface area contributed by atoms with Crippen molar-refractivity contribution >= 4 is 5.82 Å². The fourth-order valence-electron chi connectivity index (χ4n) is 1.39. The smallest absolute Gasteiger partial charge is 0.140 e. The predicted octanol–water partition coefficient (Wildman–Crippen LogP) is 0.920. The quantitative estimate of drug-likeness (QED) is 0.575. The van der Waals surface area contributed by atoms with Crippen LogP contribution in [-0.2, 0) is 6.54 Å². The van der Waals surface area contributed by atoms with Gasteiger partial charge in [-0.15, -0.1) is 0 Å². The van der Waals surface area contributed by atoms with Gasteiger partial charge in [-0.05, 0) is 30.7 Å². The van der Waals surface area contributed by atoms with E-state index < -0.39 is 0 Å². The van der Waals surface area contributed by atoms with E-state index in [0.29, 0.717) is 5.82 Å². The van der Waals surface area contributed by atoms with Crippen LogP contribution in [0.5, 0.6) is 0 Å². The number of rotatable bonds is 3. The van der Waals surface area contributed by atoms with E-state index >= 15 is 0 Å². The van der Waals surface area contributed by atoms with Crippen LogP contribution in [0, 0.1) is 6.92 Å². The summed E-state index contributed by atoms with van der Waals surface area (Å²) in [4.78, 5) is 4.04. The van der Waals surface area contributed by atoms with Crippen molar-refractivity contribution in [3.05, 3.63) is 41.9 Å². The summed E-state index contributed by atoms with van der Waals surface area (Å²) in [6.45, 7) is 2.76. The summed E-state index contributed by atoms with van der Waals surface area (Å²) in [6.07, 6.45) is 3.52. The number of hydrazine groups is 1. The lowest BCUT2D eigenvalue weighted by molar-refractivity contribution is 0.664. The van der Waals surface area contributed by atoms with Gasteiger partial charge in [0.15, 0.2) is 0 Å². The van der Waals surface area contributed by atoms with Crippen molar-refractivity contribution in [2.24, 2.45) is 5.84 Å². The number of pyridine rings is 1. The molecule has 2 aromatic heterocycles. The van der Waals surface area contributed by atoms with Gasteiger partial charge in [0.1, 0.15) is 5.82 Å². The van der Waals surface area contributed by atoms with Crippen molar-refractivity contribution in [3.8, 4) is 0 Å².